The van der Waals surface area contributed by atoms with E-state index in [2.05, 4.69) is 22.1 Å². The van der Waals surface area contributed by atoms with E-state index in [4.69, 9.17) is 4.74 Å². The minimum atomic E-state index is -0.419. The van der Waals surface area contributed by atoms with Gasteiger partial charge >= 0.3 is 0 Å². The van der Waals surface area contributed by atoms with E-state index in [0.717, 1.165) is 31.6 Å². The number of piperidine rings is 1. The van der Waals surface area contributed by atoms with Gasteiger partial charge in [-0.3, -0.25) is 9.69 Å². The third-order valence-electron chi connectivity index (χ3n) is 5.39. The first-order valence-electron chi connectivity index (χ1n) is 9.83. The number of nitrogens with zero attached hydrogens (tertiary/aromatic N) is 3. The van der Waals surface area contributed by atoms with Crippen LogP contribution in [-0.2, 0) is 6.54 Å². The van der Waals surface area contributed by atoms with Crippen molar-refractivity contribution in [3.63, 3.8) is 0 Å². The van der Waals surface area contributed by atoms with Gasteiger partial charge in [-0.05, 0) is 61.3 Å². The van der Waals surface area contributed by atoms with Gasteiger partial charge in [0.25, 0.3) is 0 Å². The summed E-state index contributed by atoms with van der Waals surface area (Å²) >= 11 is 0. The number of likely N-dealkylation sites (tertiary alicyclic amines) is 1. The van der Waals surface area contributed by atoms with Crippen LogP contribution in [0.25, 0.3) is 5.69 Å². The molecule has 0 saturated carbocycles. The maximum atomic E-state index is 13.7. The third-order valence-corrected chi connectivity index (χ3v) is 5.39. The first-order valence-corrected chi connectivity index (χ1v) is 9.83. The van der Waals surface area contributed by atoms with Gasteiger partial charge in [0.2, 0.25) is 0 Å². The van der Waals surface area contributed by atoms with Crippen LogP contribution in [0.3, 0.4) is 0 Å². The van der Waals surface area contributed by atoms with Gasteiger partial charge in [0.05, 0.1) is 18.4 Å². The summed E-state index contributed by atoms with van der Waals surface area (Å²) in [5.74, 6) is -0.192. The molecule has 150 valence electrons. The normalized spacial score (nSPS) is 17.2. The first kappa shape index (κ1) is 19.3. The molecule has 5 nitrogen and oxygen atoms in total. The van der Waals surface area contributed by atoms with Gasteiger partial charge in [0.1, 0.15) is 11.6 Å². The van der Waals surface area contributed by atoms with E-state index in [1.54, 1.807) is 6.20 Å². The molecule has 0 aliphatic carbocycles. The molecule has 3 aromatic rings. The Labute approximate surface area is 169 Å². The van der Waals surface area contributed by atoms with Crippen molar-refractivity contribution < 1.29 is 13.9 Å². The predicted molar refractivity (Wildman–Crippen MR) is 109 cm³/mol. The zero-order valence-electron chi connectivity index (χ0n) is 16.4. The molecule has 1 unspecified atom stereocenters. The Morgan fingerprint density at radius 2 is 2.14 bits per heavy atom. The number of Topliss-reactive ketones (excluding diaryl/α,β-unsaturated/α-hetero) is 1. The van der Waals surface area contributed by atoms with Gasteiger partial charge in [-0.1, -0.05) is 12.1 Å². The van der Waals surface area contributed by atoms with Gasteiger partial charge in [0.15, 0.2) is 5.78 Å². The molecule has 1 saturated heterocycles. The second-order valence-corrected chi connectivity index (χ2v) is 7.40. The summed E-state index contributed by atoms with van der Waals surface area (Å²) in [5, 5.41) is 4.28. The van der Waals surface area contributed by atoms with Crippen molar-refractivity contribution in [3.8, 4) is 11.4 Å². The maximum absolute atomic E-state index is 13.7. The number of ketones is 1. The second kappa shape index (κ2) is 8.57. The van der Waals surface area contributed by atoms with Crippen molar-refractivity contribution in [1.29, 1.82) is 0 Å². The highest BCUT2D eigenvalue weighted by molar-refractivity contribution is 6.00. The SMILES string of the molecule is COc1ccc(F)cc1C(=O)C1CCCN(Cc2cccc(-n3cccn3)c2)C1. The van der Waals surface area contributed by atoms with E-state index < -0.39 is 5.82 Å². The summed E-state index contributed by atoms with van der Waals surface area (Å²) in [4.78, 5) is 15.3. The lowest BCUT2D eigenvalue weighted by Crippen LogP contribution is -2.38. The summed E-state index contributed by atoms with van der Waals surface area (Å²) in [6.45, 7) is 2.36. The summed E-state index contributed by atoms with van der Waals surface area (Å²) < 4.78 is 20.8. The first-order chi connectivity index (χ1) is 14.1. The standard InChI is InChI=1S/C23H24FN3O2/c1-29-22-9-8-19(24)14-21(22)23(28)18-6-3-11-26(16-18)15-17-5-2-7-20(13-17)27-12-4-10-25-27/h2,4-5,7-10,12-14,18H,3,6,11,15-16H2,1H3. The third kappa shape index (κ3) is 4.38. The molecule has 29 heavy (non-hydrogen) atoms. The number of benzene rings is 2. The molecule has 1 fully saturated rings. The highest BCUT2D eigenvalue weighted by Gasteiger charge is 2.28. The average Bonchev–Trinajstić information content (AvgIpc) is 3.29. The fourth-order valence-corrected chi connectivity index (χ4v) is 3.98. The van der Waals surface area contributed by atoms with Crippen LogP contribution in [0.5, 0.6) is 5.75 Å². The number of carbonyl (C=O) groups is 1. The zero-order chi connectivity index (χ0) is 20.2. The lowest BCUT2D eigenvalue weighted by Gasteiger charge is -2.32. The highest BCUT2D eigenvalue weighted by atomic mass is 19.1. The van der Waals surface area contributed by atoms with Crippen LogP contribution in [0.2, 0.25) is 0 Å². The average molecular weight is 393 g/mol. The van der Waals surface area contributed by atoms with Gasteiger partial charge in [0, 0.05) is 31.4 Å². The number of ether oxygens (including phenoxy) is 1. The summed E-state index contributed by atoms with van der Waals surface area (Å²) in [5.41, 5.74) is 2.52. The molecule has 4 rings (SSSR count). The van der Waals surface area contributed by atoms with Crippen molar-refractivity contribution in [2.24, 2.45) is 5.92 Å². The number of methoxy groups -OCH3 is 1. The number of halogens is 1. The minimum Gasteiger partial charge on any atom is -0.496 e. The molecule has 2 aromatic carbocycles. The molecule has 1 aliphatic heterocycles. The Morgan fingerprint density at radius 1 is 1.24 bits per heavy atom. The van der Waals surface area contributed by atoms with Crippen molar-refractivity contribution >= 4 is 5.78 Å². The molecule has 6 heteroatoms. The van der Waals surface area contributed by atoms with Gasteiger partial charge < -0.3 is 4.74 Å². The predicted octanol–water partition coefficient (Wildman–Crippen LogP) is 4.11. The molecule has 0 spiro atoms. The molecule has 2 heterocycles. The molecule has 0 amide bonds. The summed E-state index contributed by atoms with van der Waals surface area (Å²) in [7, 11) is 1.50. The molecule has 0 radical (unpaired) electrons. The molecule has 1 atom stereocenters. The van der Waals surface area contributed by atoms with Crippen LogP contribution in [0, 0.1) is 11.7 Å². The van der Waals surface area contributed by atoms with Crippen molar-refractivity contribution in [1.82, 2.24) is 14.7 Å². The minimum absolute atomic E-state index is 0.0451. The van der Waals surface area contributed by atoms with Gasteiger partial charge in [-0.25, -0.2) is 9.07 Å². The number of hydrogen-bond acceptors (Lipinski definition) is 4. The lowest BCUT2D eigenvalue weighted by atomic mass is 9.89. The highest BCUT2D eigenvalue weighted by Crippen LogP contribution is 2.27. The van der Waals surface area contributed by atoms with Gasteiger partial charge in [-0.15, -0.1) is 0 Å². The number of carbonyl (C=O) groups excluding carboxylic acids is 1. The second-order valence-electron chi connectivity index (χ2n) is 7.40. The Kier molecular flexibility index (Phi) is 5.71. The number of rotatable bonds is 6. The van der Waals surface area contributed by atoms with E-state index in [0.29, 0.717) is 17.9 Å². The van der Waals surface area contributed by atoms with Crippen LogP contribution < -0.4 is 4.74 Å². The summed E-state index contributed by atoms with van der Waals surface area (Å²) in [6, 6.07) is 14.3. The van der Waals surface area contributed by atoms with Crippen LogP contribution in [-0.4, -0.2) is 40.7 Å². The molecule has 1 aliphatic rings. The summed E-state index contributed by atoms with van der Waals surface area (Å²) in [6.07, 6.45) is 5.42. The zero-order valence-corrected chi connectivity index (χ0v) is 16.4. The smallest absolute Gasteiger partial charge is 0.171 e. The van der Waals surface area contributed by atoms with Crippen LogP contribution in [0.15, 0.2) is 60.9 Å². The fraction of sp³-hybridized carbons (Fsp3) is 0.304. The maximum Gasteiger partial charge on any atom is 0.171 e. The van der Waals surface area contributed by atoms with Crippen molar-refractivity contribution in [2.45, 2.75) is 19.4 Å². The number of aromatic nitrogens is 2. The Hall–Kier alpha value is -2.99. The van der Waals surface area contributed by atoms with Crippen molar-refractivity contribution in [3.05, 3.63) is 77.9 Å². The van der Waals surface area contributed by atoms with E-state index >= 15 is 0 Å². The Balaban J connectivity index is 1.47. The lowest BCUT2D eigenvalue weighted by molar-refractivity contribution is 0.0808. The van der Waals surface area contributed by atoms with Crippen LogP contribution in [0.1, 0.15) is 28.8 Å². The van der Waals surface area contributed by atoms with E-state index in [1.165, 1.54) is 30.9 Å². The largest absolute Gasteiger partial charge is 0.496 e. The Bertz CT molecular complexity index is 988. The fourth-order valence-electron chi connectivity index (χ4n) is 3.98. The van der Waals surface area contributed by atoms with Crippen LogP contribution in [0.4, 0.5) is 4.39 Å². The van der Waals surface area contributed by atoms with Crippen LogP contribution >= 0.6 is 0 Å². The number of hydrogen-bond donors (Lipinski definition) is 0. The topological polar surface area (TPSA) is 47.4 Å². The van der Waals surface area contributed by atoms with E-state index in [9.17, 15) is 9.18 Å². The van der Waals surface area contributed by atoms with Gasteiger partial charge in [-0.2, -0.15) is 5.10 Å². The molecular weight excluding hydrogens is 369 g/mol. The molecule has 0 bridgehead atoms. The van der Waals surface area contributed by atoms with E-state index in [-0.39, 0.29) is 11.7 Å². The van der Waals surface area contributed by atoms with E-state index in [1.807, 2.05) is 29.1 Å². The van der Waals surface area contributed by atoms with Crippen molar-refractivity contribution in [2.75, 3.05) is 20.2 Å². The Morgan fingerprint density at radius 3 is 2.93 bits per heavy atom. The molecular formula is C23H24FN3O2. The quantitative estimate of drug-likeness (QED) is 0.591. The monoisotopic (exact) mass is 393 g/mol. The molecule has 0 N–H and O–H groups in total. The molecule has 1 aromatic heterocycles.